The zero-order valence-corrected chi connectivity index (χ0v) is 11.1. The molecule has 1 fully saturated rings. The maximum Gasteiger partial charge on any atom is 0.243 e. The van der Waals surface area contributed by atoms with Crippen molar-refractivity contribution in [1.29, 1.82) is 5.26 Å². The minimum atomic E-state index is -3.71. The molecule has 1 aliphatic heterocycles. The lowest BCUT2D eigenvalue weighted by Gasteiger charge is -2.31. The zero-order valence-electron chi connectivity index (χ0n) is 10.3. The molecule has 100 valence electrons. The van der Waals surface area contributed by atoms with Crippen molar-refractivity contribution in [2.45, 2.75) is 17.9 Å². The van der Waals surface area contributed by atoms with Gasteiger partial charge in [0.25, 0.3) is 0 Å². The topological polar surface area (TPSA) is 90.3 Å². The third kappa shape index (κ3) is 2.45. The molecule has 1 atom stereocenters. The molecule has 6 nitrogen and oxygen atoms in total. The number of rotatable bonds is 2. The number of nitriles is 1. The van der Waals surface area contributed by atoms with Crippen molar-refractivity contribution >= 4 is 15.9 Å². The summed E-state index contributed by atoms with van der Waals surface area (Å²) in [4.78, 5) is 11.6. The fraction of sp³-hybridized carbons (Fsp3) is 0.333. The molecule has 1 amide bonds. The zero-order chi connectivity index (χ0) is 14.0. The van der Waals surface area contributed by atoms with Gasteiger partial charge in [0.1, 0.15) is 6.04 Å². The first-order valence-corrected chi connectivity index (χ1v) is 7.20. The standard InChI is InChI=1S/C12H13N3O3S/c1-9-12(16)14-6-7-15(9)19(17,18)11-4-2-10(8-13)3-5-11/h2-5,9H,6-7H2,1H3,(H,14,16). The molecule has 19 heavy (non-hydrogen) atoms. The van der Waals surface area contributed by atoms with Gasteiger partial charge in [-0.05, 0) is 31.2 Å². The van der Waals surface area contributed by atoms with Gasteiger partial charge in [0.05, 0.1) is 16.5 Å². The Kier molecular flexibility index (Phi) is 3.55. The lowest BCUT2D eigenvalue weighted by atomic mass is 10.2. The number of piperazine rings is 1. The molecule has 1 heterocycles. The molecular weight excluding hydrogens is 266 g/mol. The molecule has 0 aromatic heterocycles. The van der Waals surface area contributed by atoms with E-state index in [1.807, 2.05) is 6.07 Å². The van der Waals surface area contributed by atoms with E-state index in [1.165, 1.54) is 28.6 Å². The largest absolute Gasteiger partial charge is 0.353 e. The van der Waals surface area contributed by atoms with Crippen LogP contribution in [0.25, 0.3) is 0 Å². The van der Waals surface area contributed by atoms with Crippen LogP contribution >= 0.6 is 0 Å². The molecule has 1 saturated heterocycles. The fourth-order valence-electron chi connectivity index (χ4n) is 1.93. The molecule has 1 aromatic rings. The summed E-state index contributed by atoms with van der Waals surface area (Å²) in [6.07, 6.45) is 0. The molecule has 0 aliphatic carbocycles. The van der Waals surface area contributed by atoms with E-state index in [2.05, 4.69) is 5.32 Å². The predicted octanol–water partition coefficient (Wildman–Crippen LogP) is 0.0673. The normalized spacial score (nSPS) is 20.6. The van der Waals surface area contributed by atoms with Crippen LogP contribution < -0.4 is 5.32 Å². The third-order valence-corrected chi connectivity index (χ3v) is 5.02. The summed E-state index contributed by atoms with van der Waals surface area (Å²) < 4.78 is 26.0. The van der Waals surface area contributed by atoms with E-state index in [0.29, 0.717) is 12.1 Å². The molecule has 1 N–H and O–H groups in total. The highest BCUT2D eigenvalue weighted by Gasteiger charge is 2.35. The van der Waals surface area contributed by atoms with Gasteiger partial charge >= 0.3 is 0 Å². The Bertz CT molecular complexity index is 631. The van der Waals surface area contributed by atoms with Gasteiger partial charge in [-0.15, -0.1) is 0 Å². The molecule has 7 heteroatoms. The van der Waals surface area contributed by atoms with Crippen molar-refractivity contribution in [3.8, 4) is 6.07 Å². The first-order valence-electron chi connectivity index (χ1n) is 5.76. The number of amides is 1. The average molecular weight is 279 g/mol. The van der Waals surface area contributed by atoms with Crippen molar-refractivity contribution in [3.63, 3.8) is 0 Å². The molecule has 0 spiro atoms. The Labute approximate surface area is 111 Å². The number of carbonyl (C=O) groups excluding carboxylic acids is 1. The summed E-state index contributed by atoms with van der Waals surface area (Å²) in [6, 6.07) is 6.86. The highest BCUT2D eigenvalue weighted by Crippen LogP contribution is 2.20. The fourth-order valence-corrected chi connectivity index (χ4v) is 3.52. The monoisotopic (exact) mass is 279 g/mol. The predicted molar refractivity (Wildman–Crippen MR) is 67.5 cm³/mol. The molecule has 0 bridgehead atoms. The van der Waals surface area contributed by atoms with Gasteiger partial charge in [0.2, 0.25) is 15.9 Å². The van der Waals surface area contributed by atoms with Gasteiger partial charge < -0.3 is 5.32 Å². The van der Waals surface area contributed by atoms with E-state index < -0.39 is 16.1 Å². The molecule has 1 aliphatic rings. The lowest BCUT2D eigenvalue weighted by Crippen LogP contribution is -2.55. The van der Waals surface area contributed by atoms with Gasteiger partial charge in [-0.1, -0.05) is 0 Å². The Morgan fingerprint density at radius 2 is 2.00 bits per heavy atom. The Morgan fingerprint density at radius 1 is 1.37 bits per heavy atom. The number of carbonyl (C=O) groups is 1. The van der Waals surface area contributed by atoms with Crippen molar-refractivity contribution in [2.24, 2.45) is 0 Å². The van der Waals surface area contributed by atoms with Crippen LogP contribution in [-0.4, -0.2) is 37.8 Å². The summed E-state index contributed by atoms with van der Waals surface area (Å²) in [6.45, 7) is 2.10. The SMILES string of the molecule is CC1C(=O)NCCN1S(=O)(=O)c1ccc(C#N)cc1. The highest BCUT2D eigenvalue weighted by molar-refractivity contribution is 7.89. The summed E-state index contributed by atoms with van der Waals surface area (Å²) in [5.41, 5.74) is 0.392. The van der Waals surface area contributed by atoms with Crippen molar-refractivity contribution in [2.75, 3.05) is 13.1 Å². The quantitative estimate of drug-likeness (QED) is 0.829. The molecule has 0 saturated carbocycles. The van der Waals surface area contributed by atoms with Crippen LogP contribution in [0.2, 0.25) is 0 Å². The van der Waals surface area contributed by atoms with E-state index in [9.17, 15) is 13.2 Å². The second-order valence-corrected chi connectivity index (χ2v) is 6.11. The number of benzene rings is 1. The van der Waals surface area contributed by atoms with Crippen LogP contribution in [0.3, 0.4) is 0 Å². The summed E-state index contributed by atoms with van der Waals surface area (Å²) in [5, 5.41) is 11.3. The first-order chi connectivity index (χ1) is 8.96. The minimum absolute atomic E-state index is 0.0908. The smallest absolute Gasteiger partial charge is 0.243 e. The van der Waals surface area contributed by atoms with Crippen LogP contribution in [0.5, 0.6) is 0 Å². The molecule has 1 aromatic carbocycles. The lowest BCUT2D eigenvalue weighted by molar-refractivity contribution is -0.126. The second-order valence-electron chi connectivity index (χ2n) is 4.22. The maximum absolute atomic E-state index is 12.4. The number of nitrogens with zero attached hydrogens (tertiary/aromatic N) is 2. The molecule has 0 radical (unpaired) electrons. The summed E-state index contributed by atoms with van der Waals surface area (Å²) >= 11 is 0. The second kappa shape index (κ2) is 4.99. The number of sulfonamides is 1. The van der Waals surface area contributed by atoms with Crippen LogP contribution in [0, 0.1) is 11.3 Å². The van der Waals surface area contributed by atoms with Gasteiger partial charge in [0.15, 0.2) is 0 Å². The average Bonchev–Trinajstić information content (AvgIpc) is 2.41. The number of hydrogen-bond donors (Lipinski definition) is 1. The van der Waals surface area contributed by atoms with E-state index >= 15 is 0 Å². The first kappa shape index (κ1) is 13.5. The van der Waals surface area contributed by atoms with Gasteiger partial charge in [0, 0.05) is 13.1 Å². The van der Waals surface area contributed by atoms with Crippen LogP contribution in [0.1, 0.15) is 12.5 Å². The van der Waals surface area contributed by atoms with Crippen LogP contribution in [-0.2, 0) is 14.8 Å². The molecule has 2 rings (SSSR count). The van der Waals surface area contributed by atoms with Crippen LogP contribution in [0.15, 0.2) is 29.2 Å². The van der Waals surface area contributed by atoms with Gasteiger partial charge in [-0.25, -0.2) is 8.42 Å². The third-order valence-electron chi connectivity index (χ3n) is 3.03. The molecule has 1 unspecified atom stereocenters. The van der Waals surface area contributed by atoms with Crippen molar-refractivity contribution < 1.29 is 13.2 Å². The summed E-state index contributed by atoms with van der Waals surface area (Å²) in [5.74, 6) is -0.302. The number of hydrogen-bond acceptors (Lipinski definition) is 4. The minimum Gasteiger partial charge on any atom is -0.353 e. The van der Waals surface area contributed by atoms with Crippen molar-refractivity contribution in [3.05, 3.63) is 29.8 Å². The van der Waals surface area contributed by atoms with Gasteiger partial charge in [-0.2, -0.15) is 9.57 Å². The highest BCUT2D eigenvalue weighted by atomic mass is 32.2. The van der Waals surface area contributed by atoms with Crippen LogP contribution in [0.4, 0.5) is 0 Å². The van der Waals surface area contributed by atoms with E-state index in [1.54, 1.807) is 6.92 Å². The Morgan fingerprint density at radius 3 is 2.58 bits per heavy atom. The van der Waals surface area contributed by atoms with E-state index in [-0.39, 0.29) is 17.3 Å². The van der Waals surface area contributed by atoms with E-state index in [0.717, 1.165) is 0 Å². The van der Waals surface area contributed by atoms with E-state index in [4.69, 9.17) is 5.26 Å². The van der Waals surface area contributed by atoms with Crippen molar-refractivity contribution in [1.82, 2.24) is 9.62 Å². The molecular formula is C12H13N3O3S. The summed E-state index contributed by atoms with van der Waals surface area (Å²) in [7, 11) is -3.71. The van der Waals surface area contributed by atoms with Gasteiger partial charge in [-0.3, -0.25) is 4.79 Å². The Hall–Kier alpha value is -1.91. The number of nitrogens with one attached hydrogen (secondary N) is 1. The Balaban J connectivity index is 2.36. The maximum atomic E-state index is 12.4.